The van der Waals surface area contributed by atoms with Crippen molar-refractivity contribution in [2.75, 3.05) is 13.7 Å². The Kier molecular flexibility index (Phi) is 4.79. The maximum Gasteiger partial charge on any atom is 0.248 e. The van der Waals surface area contributed by atoms with Gasteiger partial charge in [0.1, 0.15) is 17.6 Å². The molecule has 2 heterocycles. The second-order valence-corrected chi connectivity index (χ2v) is 7.00. The van der Waals surface area contributed by atoms with E-state index >= 15 is 0 Å². The minimum absolute atomic E-state index is 0.00328. The number of hydrogen-bond donors (Lipinski definition) is 1. The van der Waals surface area contributed by atoms with Gasteiger partial charge in [0, 0.05) is 24.7 Å². The molecule has 1 amide bonds. The van der Waals surface area contributed by atoms with E-state index in [9.17, 15) is 4.79 Å². The zero-order valence-electron chi connectivity index (χ0n) is 15.5. The van der Waals surface area contributed by atoms with Crippen LogP contribution in [0.5, 0.6) is 5.75 Å². The topological polar surface area (TPSA) is 86.9 Å². The van der Waals surface area contributed by atoms with Crippen molar-refractivity contribution >= 4 is 16.8 Å². The second-order valence-electron chi connectivity index (χ2n) is 7.00. The van der Waals surface area contributed by atoms with E-state index in [-0.39, 0.29) is 5.91 Å². The minimum atomic E-state index is -0.663. The number of tetrazole rings is 1. The lowest BCUT2D eigenvalue weighted by Gasteiger charge is -2.35. The third-order valence-corrected chi connectivity index (χ3v) is 5.52. The number of aromatic nitrogens is 5. The molecule has 1 aromatic carbocycles. The lowest BCUT2D eigenvalue weighted by molar-refractivity contribution is -0.132. The number of nitrogens with zero attached hydrogens (tertiary/aromatic N) is 5. The van der Waals surface area contributed by atoms with Crippen molar-refractivity contribution in [3.05, 3.63) is 36.8 Å². The van der Waals surface area contributed by atoms with Gasteiger partial charge in [-0.2, -0.15) is 0 Å². The molecule has 0 radical (unpaired) electrons. The molecule has 0 aliphatic heterocycles. The summed E-state index contributed by atoms with van der Waals surface area (Å²) >= 11 is 0. The van der Waals surface area contributed by atoms with Crippen molar-refractivity contribution in [2.24, 2.45) is 0 Å². The number of ether oxygens (including phenoxy) is 1. The summed E-state index contributed by atoms with van der Waals surface area (Å²) < 4.78 is 9.18. The summed E-state index contributed by atoms with van der Waals surface area (Å²) in [4.78, 5) is 13.1. The van der Waals surface area contributed by atoms with Crippen molar-refractivity contribution < 1.29 is 9.53 Å². The molecule has 0 bridgehead atoms. The summed E-state index contributed by atoms with van der Waals surface area (Å²) in [6.07, 6.45) is 8.29. The smallest absolute Gasteiger partial charge is 0.248 e. The van der Waals surface area contributed by atoms with Crippen molar-refractivity contribution in [2.45, 2.75) is 44.2 Å². The predicted molar refractivity (Wildman–Crippen MR) is 100 cm³/mol. The fourth-order valence-electron chi connectivity index (χ4n) is 4.08. The Morgan fingerprint density at radius 1 is 1.26 bits per heavy atom. The summed E-state index contributed by atoms with van der Waals surface area (Å²) in [6.45, 7) is 1.23. The highest BCUT2D eigenvalue weighted by Crippen LogP contribution is 2.34. The van der Waals surface area contributed by atoms with Gasteiger partial charge in [-0.15, -0.1) is 5.10 Å². The molecule has 8 heteroatoms. The molecule has 0 atom stereocenters. The molecule has 1 aliphatic carbocycles. The zero-order valence-corrected chi connectivity index (χ0v) is 15.5. The monoisotopic (exact) mass is 368 g/mol. The van der Waals surface area contributed by atoms with Crippen LogP contribution in [0.2, 0.25) is 0 Å². The van der Waals surface area contributed by atoms with E-state index < -0.39 is 5.54 Å². The van der Waals surface area contributed by atoms with Crippen LogP contribution < -0.4 is 10.1 Å². The van der Waals surface area contributed by atoms with Gasteiger partial charge >= 0.3 is 0 Å². The fraction of sp³-hybridized carbons (Fsp3) is 0.474. The van der Waals surface area contributed by atoms with Crippen LogP contribution in [-0.2, 0) is 16.9 Å². The molecule has 142 valence electrons. The maximum absolute atomic E-state index is 13.1. The van der Waals surface area contributed by atoms with Gasteiger partial charge in [0.2, 0.25) is 5.91 Å². The Morgan fingerprint density at radius 3 is 2.85 bits per heavy atom. The molecule has 1 saturated carbocycles. The fourth-order valence-corrected chi connectivity index (χ4v) is 4.08. The molecule has 0 spiro atoms. The summed E-state index contributed by atoms with van der Waals surface area (Å²) in [6, 6.07) is 8.03. The minimum Gasteiger partial charge on any atom is -0.496 e. The first-order valence-corrected chi connectivity index (χ1v) is 9.38. The highest BCUT2D eigenvalue weighted by Gasteiger charge is 2.42. The SMILES string of the molecule is COc1cccc2c1ccn2CCNC(=O)C1(n2cnnn2)CCCCC1. The van der Waals surface area contributed by atoms with Crippen LogP contribution in [0.25, 0.3) is 10.9 Å². The van der Waals surface area contributed by atoms with E-state index in [1.807, 2.05) is 24.4 Å². The summed E-state index contributed by atoms with van der Waals surface area (Å²) in [5.41, 5.74) is 0.431. The van der Waals surface area contributed by atoms with Gasteiger partial charge in [0.25, 0.3) is 0 Å². The third kappa shape index (κ3) is 3.15. The third-order valence-electron chi connectivity index (χ3n) is 5.52. The molecule has 0 saturated heterocycles. The molecule has 27 heavy (non-hydrogen) atoms. The van der Waals surface area contributed by atoms with E-state index in [1.165, 1.54) is 0 Å². The quantitative estimate of drug-likeness (QED) is 0.720. The van der Waals surface area contributed by atoms with Gasteiger partial charge in [-0.25, -0.2) is 4.68 Å². The molecule has 4 rings (SSSR count). The van der Waals surface area contributed by atoms with Crippen LogP contribution in [0.15, 0.2) is 36.8 Å². The Bertz CT molecular complexity index is 912. The number of carbonyl (C=O) groups excluding carboxylic acids is 1. The number of benzene rings is 1. The molecule has 0 unspecified atom stereocenters. The van der Waals surface area contributed by atoms with Crippen molar-refractivity contribution in [3.8, 4) is 5.75 Å². The zero-order chi connectivity index (χ0) is 18.7. The highest BCUT2D eigenvalue weighted by atomic mass is 16.5. The molecule has 1 N–H and O–H groups in total. The first kappa shape index (κ1) is 17.5. The molecule has 2 aromatic heterocycles. The average Bonchev–Trinajstić information content (AvgIpc) is 3.39. The Morgan fingerprint density at radius 2 is 2.11 bits per heavy atom. The van der Waals surface area contributed by atoms with E-state index in [0.29, 0.717) is 13.1 Å². The molecular weight excluding hydrogens is 344 g/mol. The Balaban J connectivity index is 1.46. The molecule has 8 nitrogen and oxygen atoms in total. The first-order valence-electron chi connectivity index (χ1n) is 9.38. The lowest BCUT2D eigenvalue weighted by Crippen LogP contribution is -2.51. The summed E-state index contributed by atoms with van der Waals surface area (Å²) in [5.74, 6) is 0.860. The average molecular weight is 368 g/mol. The standard InChI is InChI=1S/C19H24N6O2/c1-27-17-7-5-6-16-15(17)8-12-24(16)13-11-20-18(26)19(9-3-2-4-10-19)25-14-21-22-23-25/h5-8,12,14H,2-4,9-11,13H2,1H3,(H,20,26). The van der Waals surface area contributed by atoms with E-state index in [1.54, 1.807) is 18.1 Å². The summed E-state index contributed by atoms with van der Waals surface area (Å²) in [5, 5.41) is 15.7. The van der Waals surface area contributed by atoms with Crippen LogP contribution in [0.4, 0.5) is 0 Å². The van der Waals surface area contributed by atoms with E-state index in [2.05, 4.69) is 31.5 Å². The lowest BCUT2D eigenvalue weighted by atomic mass is 9.81. The van der Waals surface area contributed by atoms with Gasteiger partial charge in [-0.3, -0.25) is 4.79 Å². The highest BCUT2D eigenvalue weighted by molar-refractivity contribution is 5.86. The second kappa shape index (κ2) is 7.38. The van der Waals surface area contributed by atoms with Crippen molar-refractivity contribution in [3.63, 3.8) is 0 Å². The van der Waals surface area contributed by atoms with Crippen LogP contribution >= 0.6 is 0 Å². The number of carbonyl (C=O) groups is 1. The van der Waals surface area contributed by atoms with Gasteiger partial charge < -0.3 is 14.6 Å². The number of amides is 1. The molecular formula is C19H24N6O2. The van der Waals surface area contributed by atoms with Crippen LogP contribution in [0.1, 0.15) is 32.1 Å². The Hall–Kier alpha value is -2.90. The molecule has 3 aromatic rings. The van der Waals surface area contributed by atoms with Gasteiger partial charge in [-0.1, -0.05) is 25.3 Å². The Labute approximate surface area is 157 Å². The first-order chi connectivity index (χ1) is 13.2. The normalized spacial score (nSPS) is 16.3. The van der Waals surface area contributed by atoms with Crippen molar-refractivity contribution in [1.82, 2.24) is 30.1 Å². The van der Waals surface area contributed by atoms with Gasteiger partial charge in [0.15, 0.2) is 0 Å². The largest absolute Gasteiger partial charge is 0.496 e. The number of nitrogens with one attached hydrogen (secondary N) is 1. The van der Waals surface area contributed by atoms with Crippen LogP contribution in [0, 0.1) is 0 Å². The van der Waals surface area contributed by atoms with E-state index in [4.69, 9.17) is 4.74 Å². The number of rotatable bonds is 6. The number of hydrogen-bond acceptors (Lipinski definition) is 5. The van der Waals surface area contributed by atoms with Crippen molar-refractivity contribution in [1.29, 1.82) is 0 Å². The molecule has 1 aliphatic rings. The number of fused-ring (bicyclic) bond motifs is 1. The summed E-state index contributed by atoms with van der Waals surface area (Å²) in [7, 11) is 1.68. The van der Waals surface area contributed by atoms with Gasteiger partial charge in [-0.05, 0) is 41.5 Å². The van der Waals surface area contributed by atoms with Gasteiger partial charge in [0.05, 0.1) is 12.6 Å². The number of methoxy groups -OCH3 is 1. The maximum atomic E-state index is 13.1. The predicted octanol–water partition coefficient (Wildman–Crippen LogP) is 2.11. The van der Waals surface area contributed by atoms with E-state index in [0.717, 1.165) is 48.8 Å². The van der Waals surface area contributed by atoms with Crippen LogP contribution in [0.3, 0.4) is 0 Å². The molecule has 1 fully saturated rings. The van der Waals surface area contributed by atoms with Crippen LogP contribution in [-0.4, -0.2) is 44.3 Å².